The minimum absolute atomic E-state index is 0.00775. The Morgan fingerprint density at radius 1 is 0.977 bits per heavy atom. The number of carbonyl (C=O) groups excluding carboxylic acids is 4. The number of hydrogen-bond acceptors (Lipinski definition) is 8. The number of fused-ring (bicyclic) bond motifs is 1. The number of rotatable bonds is 9. The fourth-order valence-corrected chi connectivity index (χ4v) is 6.89. The summed E-state index contributed by atoms with van der Waals surface area (Å²) in [6.45, 7) is 7.36. The van der Waals surface area contributed by atoms with Crippen molar-refractivity contribution >= 4 is 35.3 Å². The summed E-state index contributed by atoms with van der Waals surface area (Å²) in [4.78, 5) is 67.0. The second kappa shape index (κ2) is 12.0. The molecule has 11 heteroatoms. The normalized spacial score (nSPS) is 24.0. The van der Waals surface area contributed by atoms with E-state index in [0.29, 0.717) is 29.3 Å². The van der Waals surface area contributed by atoms with Crippen molar-refractivity contribution < 1.29 is 33.8 Å². The summed E-state index contributed by atoms with van der Waals surface area (Å²) >= 11 is 0. The van der Waals surface area contributed by atoms with Crippen LogP contribution in [0.4, 0.5) is 5.69 Å². The Balaban J connectivity index is 1.01. The Bertz CT molecular complexity index is 1480. The Morgan fingerprint density at radius 2 is 1.66 bits per heavy atom. The molecule has 6 rings (SSSR count). The molecular weight excluding hydrogens is 564 g/mol. The molecule has 2 N–H and O–H groups in total. The molecule has 0 radical (unpaired) electrons. The highest BCUT2D eigenvalue weighted by Gasteiger charge is 2.45. The number of imide groups is 2. The summed E-state index contributed by atoms with van der Waals surface area (Å²) in [5.41, 5.74) is 1.83. The highest BCUT2D eigenvalue weighted by atomic mass is 16.5. The monoisotopic (exact) mass is 602 g/mol. The van der Waals surface area contributed by atoms with Gasteiger partial charge in [-0.05, 0) is 81.5 Å². The molecule has 0 bridgehead atoms. The standard InChI is InChI=1S/C33H38N4O7/c1-19(2)36(18-20-11-13-35(14-12-20)22-5-3-21(4-6-22)33(42)43)23-15-25(16-23)44-24-7-8-26-27(17-24)32(41)37(31(26)40)28-9-10-29(38)34-30(28)39/h3-8,17,19-20,23,25,28H,9-16,18H2,1-2H3,(H,42,43)(H,34,38,39)/t23-,25-,28?. The van der Waals surface area contributed by atoms with Crippen molar-refractivity contribution in [2.24, 2.45) is 5.92 Å². The fourth-order valence-electron chi connectivity index (χ4n) is 6.89. The van der Waals surface area contributed by atoms with Gasteiger partial charge in [0.15, 0.2) is 0 Å². The van der Waals surface area contributed by atoms with Gasteiger partial charge in [0.25, 0.3) is 11.8 Å². The lowest BCUT2D eigenvalue weighted by atomic mass is 9.85. The number of carboxylic acid groups (broad SMARTS) is 1. The Hall–Kier alpha value is -4.25. The van der Waals surface area contributed by atoms with Gasteiger partial charge in [-0.2, -0.15) is 0 Å². The van der Waals surface area contributed by atoms with Crippen LogP contribution >= 0.6 is 0 Å². The van der Waals surface area contributed by atoms with Crippen LogP contribution in [0, 0.1) is 5.92 Å². The molecule has 44 heavy (non-hydrogen) atoms. The van der Waals surface area contributed by atoms with Crippen LogP contribution in [-0.2, 0) is 9.59 Å². The number of piperidine rings is 2. The maximum absolute atomic E-state index is 13.2. The lowest BCUT2D eigenvalue weighted by Gasteiger charge is -2.46. The molecule has 2 aromatic carbocycles. The van der Waals surface area contributed by atoms with Gasteiger partial charge in [-0.25, -0.2) is 4.79 Å². The van der Waals surface area contributed by atoms with E-state index in [1.165, 1.54) is 0 Å². The second-order valence-corrected chi connectivity index (χ2v) is 12.6. The first kappa shape index (κ1) is 29.8. The lowest BCUT2D eigenvalue weighted by molar-refractivity contribution is -0.136. The molecule has 1 atom stereocenters. The van der Waals surface area contributed by atoms with Gasteiger partial charge in [0, 0.05) is 56.7 Å². The van der Waals surface area contributed by atoms with Gasteiger partial charge in [0.2, 0.25) is 11.8 Å². The van der Waals surface area contributed by atoms with Crippen molar-refractivity contribution in [2.45, 2.75) is 76.6 Å². The van der Waals surface area contributed by atoms with Crippen molar-refractivity contribution in [1.82, 2.24) is 15.1 Å². The number of carbonyl (C=O) groups is 5. The van der Waals surface area contributed by atoms with Crippen LogP contribution in [0.3, 0.4) is 0 Å². The molecule has 1 saturated carbocycles. The van der Waals surface area contributed by atoms with Crippen LogP contribution in [0.1, 0.15) is 83.4 Å². The van der Waals surface area contributed by atoms with Gasteiger partial charge >= 0.3 is 5.97 Å². The first-order valence-corrected chi connectivity index (χ1v) is 15.5. The van der Waals surface area contributed by atoms with E-state index in [-0.39, 0.29) is 30.1 Å². The van der Waals surface area contributed by atoms with E-state index >= 15 is 0 Å². The molecule has 2 saturated heterocycles. The van der Waals surface area contributed by atoms with Gasteiger partial charge in [0.1, 0.15) is 17.9 Å². The SMILES string of the molecule is CC(C)N(CC1CCN(c2ccc(C(=O)O)cc2)CC1)[C@H]1C[C@H](Oc2ccc3c(c2)C(=O)N(C2CCC(=O)NC2=O)C3=O)C1. The van der Waals surface area contributed by atoms with E-state index in [0.717, 1.165) is 55.9 Å². The number of nitrogens with zero attached hydrogens (tertiary/aromatic N) is 3. The lowest BCUT2D eigenvalue weighted by Crippen LogP contribution is -2.54. The van der Waals surface area contributed by atoms with Crippen molar-refractivity contribution in [3.05, 3.63) is 59.2 Å². The summed E-state index contributed by atoms with van der Waals surface area (Å²) < 4.78 is 6.24. The zero-order valence-electron chi connectivity index (χ0n) is 25.0. The third-order valence-corrected chi connectivity index (χ3v) is 9.48. The number of amides is 4. The number of aromatic carboxylic acids is 1. The van der Waals surface area contributed by atoms with E-state index < -0.39 is 35.6 Å². The average Bonchev–Trinajstić information content (AvgIpc) is 3.23. The molecule has 1 aliphatic carbocycles. The smallest absolute Gasteiger partial charge is 0.335 e. The first-order valence-electron chi connectivity index (χ1n) is 15.5. The third-order valence-electron chi connectivity index (χ3n) is 9.48. The quantitative estimate of drug-likeness (QED) is 0.414. The number of carboxylic acids is 1. The van der Waals surface area contributed by atoms with E-state index in [9.17, 15) is 24.0 Å². The van der Waals surface area contributed by atoms with E-state index in [2.05, 4.69) is 29.0 Å². The summed E-state index contributed by atoms with van der Waals surface area (Å²) in [5.74, 6) is -1.89. The molecule has 3 aliphatic heterocycles. The Kier molecular flexibility index (Phi) is 8.15. The van der Waals surface area contributed by atoms with Crippen LogP contribution < -0.4 is 15.0 Å². The van der Waals surface area contributed by atoms with Crippen molar-refractivity contribution in [3.63, 3.8) is 0 Å². The molecule has 1 unspecified atom stereocenters. The van der Waals surface area contributed by atoms with Crippen LogP contribution in [-0.4, -0.2) is 88.4 Å². The highest BCUT2D eigenvalue weighted by molar-refractivity contribution is 6.23. The summed E-state index contributed by atoms with van der Waals surface area (Å²) in [6, 6.07) is 11.8. The largest absolute Gasteiger partial charge is 0.490 e. The van der Waals surface area contributed by atoms with E-state index in [4.69, 9.17) is 9.84 Å². The Morgan fingerprint density at radius 3 is 2.30 bits per heavy atom. The maximum Gasteiger partial charge on any atom is 0.335 e. The van der Waals surface area contributed by atoms with Gasteiger partial charge in [-0.15, -0.1) is 0 Å². The summed E-state index contributed by atoms with van der Waals surface area (Å²) in [5, 5.41) is 11.4. The van der Waals surface area contributed by atoms with E-state index in [1.807, 2.05) is 12.1 Å². The van der Waals surface area contributed by atoms with E-state index in [1.54, 1.807) is 30.3 Å². The number of benzene rings is 2. The van der Waals surface area contributed by atoms with Crippen molar-refractivity contribution in [3.8, 4) is 5.75 Å². The zero-order chi connectivity index (χ0) is 31.1. The molecule has 11 nitrogen and oxygen atoms in total. The van der Waals surface area contributed by atoms with Gasteiger partial charge in [0.05, 0.1) is 16.7 Å². The third kappa shape index (κ3) is 5.80. The molecule has 0 aromatic heterocycles. The summed E-state index contributed by atoms with van der Waals surface area (Å²) in [7, 11) is 0. The van der Waals surface area contributed by atoms with Crippen LogP contribution in [0.15, 0.2) is 42.5 Å². The number of ether oxygens (including phenoxy) is 1. The molecule has 3 fully saturated rings. The summed E-state index contributed by atoms with van der Waals surface area (Å²) in [6.07, 6.45) is 4.12. The number of hydrogen-bond donors (Lipinski definition) is 2. The molecule has 3 heterocycles. The molecule has 2 aromatic rings. The van der Waals surface area contributed by atoms with Gasteiger partial charge in [-0.3, -0.25) is 34.3 Å². The zero-order valence-corrected chi connectivity index (χ0v) is 25.0. The minimum atomic E-state index is -0.989. The molecule has 232 valence electrons. The second-order valence-electron chi connectivity index (χ2n) is 12.6. The maximum atomic E-state index is 13.2. The Labute approximate surface area is 256 Å². The van der Waals surface area contributed by atoms with Crippen molar-refractivity contribution in [1.29, 1.82) is 0 Å². The fraction of sp³-hybridized carbons (Fsp3) is 0.485. The van der Waals surface area contributed by atoms with Gasteiger partial charge in [-0.1, -0.05) is 0 Å². The van der Waals surface area contributed by atoms with Crippen molar-refractivity contribution in [2.75, 3.05) is 24.5 Å². The molecule has 4 aliphatic rings. The van der Waals surface area contributed by atoms with Crippen LogP contribution in [0.5, 0.6) is 5.75 Å². The predicted molar refractivity (Wildman–Crippen MR) is 161 cm³/mol. The number of nitrogens with one attached hydrogen (secondary N) is 1. The van der Waals surface area contributed by atoms with Gasteiger partial charge < -0.3 is 14.7 Å². The molecule has 0 spiro atoms. The highest BCUT2D eigenvalue weighted by Crippen LogP contribution is 2.35. The van der Waals surface area contributed by atoms with Crippen LogP contribution in [0.25, 0.3) is 0 Å². The topological polar surface area (TPSA) is 137 Å². The number of anilines is 1. The first-order chi connectivity index (χ1) is 21.1. The van der Waals surface area contributed by atoms with Crippen LogP contribution in [0.2, 0.25) is 0 Å². The average molecular weight is 603 g/mol. The molecule has 4 amide bonds. The minimum Gasteiger partial charge on any atom is -0.490 e. The predicted octanol–water partition coefficient (Wildman–Crippen LogP) is 3.32. The molecular formula is C33H38N4O7.